The monoisotopic (exact) mass is 276 g/mol. The van der Waals surface area contributed by atoms with E-state index in [1.54, 1.807) is 18.2 Å². The number of aryl methyl sites for hydroxylation is 1. The van der Waals surface area contributed by atoms with E-state index >= 15 is 0 Å². The van der Waals surface area contributed by atoms with Gasteiger partial charge in [0.1, 0.15) is 0 Å². The number of amides is 3. The highest BCUT2D eigenvalue weighted by Gasteiger charge is 2.15. The van der Waals surface area contributed by atoms with Gasteiger partial charge in [-0.2, -0.15) is 0 Å². The summed E-state index contributed by atoms with van der Waals surface area (Å²) in [6.45, 7) is 4.52. The molecule has 6 nitrogen and oxygen atoms in total. The van der Waals surface area contributed by atoms with Gasteiger partial charge in [0.25, 0.3) is 5.91 Å². The van der Waals surface area contributed by atoms with Crippen LogP contribution in [-0.2, 0) is 9.59 Å². The molecule has 0 radical (unpaired) electrons. The Morgan fingerprint density at radius 1 is 1.10 bits per heavy atom. The van der Waals surface area contributed by atoms with Crippen LogP contribution in [-0.4, -0.2) is 23.0 Å². The summed E-state index contributed by atoms with van der Waals surface area (Å²) < 4.78 is 0. The van der Waals surface area contributed by atoms with Crippen LogP contribution in [0, 0.1) is 6.92 Å². The summed E-state index contributed by atoms with van der Waals surface area (Å²) in [7, 11) is 0. The van der Waals surface area contributed by atoms with Crippen molar-refractivity contribution < 1.29 is 19.5 Å². The van der Waals surface area contributed by atoms with Crippen LogP contribution in [0.25, 0.3) is 0 Å². The fraction of sp³-hybridized carbons (Fsp3) is 0.214. The van der Waals surface area contributed by atoms with Crippen LogP contribution in [0.1, 0.15) is 19.4 Å². The standard InChI is InChI=1S/C14H16N2O4/c1-8-5-4-6-11(7-8)15-14(20)16-12(17)9(2)10(3)13(18)19/h4-7H,1-3H3,(H,18,19)(H2,15,16,17,20). The summed E-state index contributed by atoms with van der Waals surface area (Å²) in [5.41, 5.74) is 1.39. The summed E-state index contributed by atoms with van der Waals surface area (Å²) in [5, 5.41) is 13.3. The van der Waals surface area contributed by atoms with Gasteiger partial charge in [-0.05, 0) is 38.5 Å². The molecule has 3 N–H and O–H groups in total. The van der Waals surface area contributed by atoms with Crippen LogP contribution < -0.4 is 10.6 Å². The van der Waals surface area contributed by atoms with E-state index in [4.69, 9.17) is 5.11 Å². The molecule has 0 bridgehead atoms. The average Bonchev–Trinajstić information content (AvgIpc) is 2.36. The van der Waals surface area contributed by atoms with Gasteiger partial charge in [0.2, 0.25) is 0 Å². The summed E-state index contributed by atoms with van der Waals surface area (Å²) in [5.74, 6) is -1.94. The largest absolute Gasteiger partial charge is 0.478 e. The zero-order valence-electron chi connectivity index (χ0n) is 11.5. The number of carboxylic acid groups (broad SMARTS) is 1. The predicted octanol–water partition coefficient (Wildman–Crippen LogP) is 2.06. The third-order valence-electron chi connectivity index (χ3n) is 2.73. The Hall–Kier alpha value is -2.63. The van der Waals surface area contributed by atoms with Gasteiger partial charge in [-0.25, -0.2) is 9.59 Å². The number of carboxylic acids is 1. The van der Waals surface area contributed by atoms with Crippen molar-refractivity contribution in [2.45, 2.75) is 20.8 Å². The maximum atomic E-state index is 11.7. The van der Waals surface area contributed by atoms with Gasteiger partial charge in [-0.1, -0.05) is 12.1 Å². The highest BCUT2D eigenvalue weighted by Crippen LogP contribution is 2.09. The molecule has 0 aliphatic rings. The van der Waals surface area contributed by atoms with Crippen molar-refractivity contribution in [2.75, 3.05) is 5.32 Å². The zero-order chi connectivity index (χ0) is 15.3. The Bertz CT molecular complexity index is 591. The molecule has 0 saturated heterocycles. The van der Waals surface area contributed by atoms with E-state index in [2.05, 4.69) is 10.6 Å². The van der Waals surface area contributed by atoms with Gasteiger partial charge in [0.15, 0.2) is 0 Å². The first-order valence-corrected chi connectivity index (χ1v) is 5.91. The Kier molecular flexibility index (Phi) is 5.02. The molecule has 0 heterocycles. The number of imide groups is 1. The molecular formula is C14H16N2O4. The number of aliphatic carboxylic acids is 1. The highest BCUT2D eigenvalue weighted by molar-refractivity contribution is 6.10. The van der Waals surface area contributed by atoms with Crippen LogP contribution >= 0.6 is 0 Å². The van der Waals surface area contributed by atoms with Crippen molar-refractivity contribution in [1.29, 1.82) is 0 Å². The van der Waals surface area contributed by atoms with Crippen molar-refractivity contribution in [3.63, 3.8) is 0 Å². The smallest absolute Gasteiger partial charge is 0.331 e. The summed E-state index contributed by atoms with van der Waals surface area (Å²) in [4.78, 5) is 34.0. The first-order chi connectivity index (χ1) is 9.31. The molecule has 0 spiro atoms. The molecule has 0 aliphatic heterocycles. The van der Waals surface area contributed by atoms with Crippen LogP contribution in [0.15, 0.2) is 35.4 Å². The molecular weight excluding hydrogens is 260 g/mol. The minimum atomic E-state index is -1.20. The molecule has 0 atom stereocenters. The van der Waals surface area contributed by atoms with Crippen molar-refractivity contribution in [2.24, 2.45) is 0 Å². The topological polar surface area (TPSA) is 95.5 Å². The maximum absolute atomic E-state index is 11.7. The Labute approximate surface area is 116 Å². The van der Waals surface area contributed by atoms with E-state index in [9.17, 15) is 14.4 Å². The molecule has 20 heavy (non-hydrogen) atoms. The van der Waals surface area contributed by atoms with E-state index < -0.39 is 17.9 Å². The second-order valence-corrected chi connectivity index (χ2v) is 4.33. The number of urea groups is 1. The Morgan fingerprint density at radius 3 is 2.30 bits per heavy atom. The van der Waals surface area contributed by atoms with Crippen molar-refractivity contribution >= 4 is 23.6 Å². The lowest BCUT2D eigenvalue weighted by Crippen LogP contribution is -2.35. The van der Waals surface area contributed by atoms with Crippen LogP contribution in [0.4, 0.5) is 10.5 Å². The van der Waals surface area contributed by atoms with Crippen molar-refractivity contribution in [3.05, 3.63) is 41.0 Å². The number of hydrogen-bond donors (Lipinski definition) is 3. The SMILES string of the molecule is CC(C(=O)O)=C(C)C(=O)NC(=O)Nc1cccc(C)c1. The first-order valence-electron chi connectivity index (χ1n) is 5.91. The quantitative estimate of drug-likeness (QED) is 0.736. The zero-order valence-corrected chi connectivity index (χ0v) is 11.5. The molecule has 0 fully saturated rings. The summed E-state index contributed by atoms with van der Waals surface area (Å²) in [6, 6.07) is 6.36. The second kappa shape index (κ2) is 6.51. The summed E-state index contributed by atoms with van der Waals surface area (Å²) in [6.07, 6.45) is 0. The second-order valence-electron chi connectivity index (χ2n) is 4.33. The van der Waals surface area contributed by atoms with Gasteiger partial charge in [0.05, 0.1) is 0 Å². The van der Waals surface area contributed by atoms with E-state index in [0.717, 1.165) is 5.56 Å². The number of hydrogen-bond acceptors (Lipinski definition) is 3. The minimum absolute atomic E-state index is 0.0168. The van der Waals surface area contributed by atoms with Crippen LogP contribution in [0.3, 0.4) is 0 Å². The van der Waals surface area contributed by atoms with Gasteiger partial charge >= 0.3 is 12.0 Å². The number of nitrogens with one attached hydrogen (secondary N) is 2. The van der Waals surface area contributed by atoms with Crippen LogP contribution in [0.2, 0.25) is 0 Å². The lowest BCUT2D eigenvalue weighted by Gasteiger charge is -2.08. The molecule has 0 aromatic heterocycles. The Balaban J connectivity index is 2.70. The first kappa shape index (κ1) is 15.4. The third kappa shape index (κ3) is 4.24. The fourth-order valence-corrected chi connectivity index (χ4v) is 1.41. The van der Waals surface area contributed by atoms with Gasteiger partial charge in [0, 0.05) is 16.8 Å². The van der Waals surface area contributed by atoms with E-state index in [1.165, 1.54) is 13.8 Å². The summed E-state index contributed by atoms with van der Waals surface area (Å²) >= 11 is 0. The number of benzene rings is 1. The number of carbonyl (C=O) groups excluding carboxylic acids is 2. The van der Waals surface area contributed by atoms with E-state index in [1.807, 2.05) is 13.0 Å². The molecule has 1 rings (SSSR count). The van der Waals surface area contributed by atoms with E-state index in [-0.39, 0.29) is 11.1 Å². The molecule has 0 aliphatic carbocycles. The highest BCUT2D eigenvalue weighted by atomic mass is 16.4. The average molecular weight is 276 g/mol. The van der Waals surface area contributed by atoms with E-state index in [0.29, 0.717) is 5.69 Å². The van der Waals surface area contributed by atoms with Crippen molar-refractivity contribution in [3.8, 4) is 0 Å². The lowest BCUT2D eigenvalue weighted by atomic mass is 10.1. The van der Waals surface area contributed by atoms with Gasteiger partial charge in [-0.15, -0.1) is 0 Å². The number of anilines is 1. The predicted molar refractivity (Wildman–Crippen MR) is 74.4 cm³/mol. The molecule has 1 aromatic carbocycles. The Morgan fingerprint density at radius 2 is 1.75 bits per heavy atom. The molecule has 3 amide bonds. The lowest BCUT2D eigenvalue weighted by molar-refractivity contribution is -0.133. The van der Waals surface area contributed by atoms with Crippen molar-refractivity contribution in [1.82, 2.24) is 5.32 Å². The molecule has 6 heteroatoms. The third-order valence-corrected chi connectivity index (χ3v) is 2.73. The minimum Gasteiger partial charge on any atom is -0.478 e. The molecule has 106 valence electrons. The molecule has 1 aromatic rings. The maximum Gasteiger partial charge on any atom is 0.331 e. The molecule has 0 saturated carbocycles. The fourth-order valence-electron chi connectivity index (χ4n) is 1.41. The number of carbonyl (C=O) groups is 3. The molecule has 0 unspecified atom stereocenters. The normalized spacial score (nSPS) is 11.3. The number of rotatable bonds is 3. The van der Waals surface area contributed by atoms with Gasteiger partial charge in [-0.3, -0.25) is 10.1 Å². The van der Waals surface area contributed by atoms with Gasteiger partial charge < -0.3 is 10.4 Å². The van der Waals surface area contributed by atoms with Crippen LogP contribution in [0.5, 0.6) is 0 Å².